The van der Waals surface area contributed by atoms with Crippen molar-refractivity contribution in [2.45, 2.75) is 18.8 Å². The summed E-state index contributed by atoms with van der Waals surface area (Å²) in [6.07, 6.45) is 1.89. The molecular weight excluding hydrogens is 289 g/mol. The topological polar surface area (TPSA) is 63.3 Å². The summed E-state index contributed by atoms with van der Waals surface area (Å²) >= 11 is 11.8. The molecule has 1 aliphatic carbocycles. The zero-order valence-electron chi connectivity index (χ0n) is 9.69. The van der Waals surface area contributed by atoms with Crippen LogP contribution in [0.15, 0.2) is 22.6 Å². The number of nitrogens with zero attached hydrogens (tertiary/aromatic N) is 1. The van der Waals surface area contributed by atoms with Crippen LogP contribution in [0.5, 0.6) is 0 Å². The number of hydrogen-bond donors (Lipinski definition) is 1. The van der Waals surface area contributed by atoms with E-state index in [2.05, 4.69) is 4.98 Å². The lowest BCUT2D eigenvalue weighted by Gasteiger charge is -1.97. The lowest BCUT2D eigenvalue weighted by Crippen LogP contribution is -1.98. The van der Waals surface area contributed by atoms with Crippen LogP contribution in [0.4, 0.5) is 0 Å². The Morgan fingerprint density at radius 3 is 2.42 bits per heavy atom. The zero-order valence-corrected chi connectivity index (χ0v) is 11.2. The highest BCUT2D eigenvalue weighted by molar-refractivity contribution is 6.35. The Kier molecular flexibility index (Phi) is 2.99. The fourth-order valence-corrected chi connectivity index (χ4v) is 2.45. The highest BCUT2D eigenvalue weighted by Gasteiger charge is 2.33. The molecule has 1 aromatic heterocycles. The van der Waals surface area contributed by atoms with E-state index in [4.69, 9.17) is 32.7 Å². The van der Waals surface area contributed by atoms with Crippen LogP contribution in [-0.4, -0.2) is 16.1 Å². The van der Waals surface area contributed by atoms with E-state index in [1.165, 1.54) is 0 Å². The van der Waals surface area contributed by atoms with Gasteiger partial charge in [0.2, 0.25) is 11.7 Å². The van der Waals surface area contributed by atoms with E-state index in [1.807, 2.05) is 0 Å². The van der Waals surface area contributed by atoms with Crippen molar-refractivity contribution in [3.63, 3.8) is 0 Å². The Bertz CT molecular complexity index is 642. The van der Waals surface area contributed by atoms with Crippen LogP contribution in [0.25, 0.3) is 11.5 Å². The molecule has 2 aromatic rings. The second kappa shape index (κ2) is 4.54. The van der Waals surface area contributed by atoms with Gasteiger partial charge in [-0.05, 0) is 31.0 Å². The summed E-state index contributed by atoms with van der Waals surface area (Å²) in [5, 5.41) is 10.0. The van der Waals surface area contributed by atoms with Gasteiger partial charge in [0.15, 0.2) is 0 Å². The van der Waals surface area contributed by atoms with Crippen LogP contribution in [0.2, 0.25) is 10.0 Å². The van der Waals surface area contributed by atoms with Gasteiger partial charge in [0.1, 0.15) is 0 Å². The van der Waals surface area contributed by atoms with Crippen LogP contribution in [0.3, 0.4) is 0 Å². The maximum Gasteiger partial charge on any atom is 0.373 e. The summed E-state index contributed by atoms with van der Waals surface area (Å²) in [7, 11) is 0. The predicted octanol–water partition coefficient (Wildman–Crippen LogP) is 4.22. The Hall–Kier alpha value is -1.52. The largest absolute Gasteiger partial charge is 0.475 e. The van der Waals surface area contributed by atoms with Crippen LogP contribution >= 0.6 is 23.2 Å². The fourth-order valence-electron chi connectivity index (χ4n) is 1.92. The van der Waals surface area contributed by atoms with Gasteiger partial charge < -0.3 is 9.52 Å². The van der Waals surface area contributed by atoms with Crippen LogP contribution in [0.1, 0.15) is 35.0 Å². The second-order valence-corrected chi connectivity index (χ2v) is 5.34. The smallest absolute Gasteiger partial charge is 0.373 e. The molecule has 3 rings (SSSR count). The van der Waals surface area contributed by atoms with Crippen molar-refractivity contribution in [3.05, 3.63) is 39.7 Å². The molecule has 1 fully saturated rings. The molecule has 0 spiro atoms. The van der Waals surface area contributed by atoms with Gasteiger partial charge in [-0.3, -0.25) is 0 Å². The summed E-state index contributed by atoms with van der Waals surface area (Å²) in [6.45, 7) is 0. The number of benzene rings is 1. The maximum absolute atomic E-state index is 11.1. The number of oxazole rings is 1. The molecule has 98 valence electrons. The van der Waals surface area contributed by atoms with Crippen molar-refractivity contribution in [3.8, 4) is 11.5 Å². The summed E-state index contributed by atoms with van der Waals surface area (Å²) in [4.78, 5) is 15.4. The average Bonchev–Trinajstić information content (AvgIpc) is 3.06. The highest BCUT2D eigenvalue weighted by Crippen LogP contribution is 2.42. The average molecular weight is 298 g/mol. The summed E-state index contributed by atoms with van der Waals surface area (Å²) in [6, 6.07) is 4.87. The molecule has 1 heterocycles. The number of rotatable bonds is 3. The second-order valence-electron chi connectivity index (χ2n) is 4.47. The first kappa shape index (κ1) is 12.5. The molecule has 1 aliphatic rings. The predicted molar refractivity (Wildman–Crippen MR) is 70.9 cm³/mol. The molecule has 0 atom stereocenters. The molecule has 1 N–H and O–H groups in total. The Morgan fingerprint density at radius 2 is 1.89 bits per heavy atom. The molecule has 4 nitrogen and oxygen atoms in total. The Morgan fingerprint density at radius 1 is 1.26 bits per heavy atom. The van der Waals surface area contributed by atoms with E-state index in [0.29, 0.717) is 21.3 Å². The van der Waals surface area contributed by atoms with E-state index in [1.54, 1.807) is 18.2 Å². The van der Waals surface area contributed by atoms with Crippen LogP contribution in [0, 0.1) is 0 Å². The van der Waals surface area contributed by atoms with Gasteiger partial charge in [0, 0.05) is 21.5 Å². The van der Waals surface area contributed by atoms with Crippen molar-refractivity contribution in [2.24, 2.45) is 0 Å². The quantitative estimate of drug-likeness (QED) is 0.921. The molecule has 0 unspecified atom stereocenters. The molecule has 0 saturated heterocycles. The molecule has 19 heavy (non-hydrogen) atoms. The van der Waals surface area contributed by atoms with E-state index in [9.17, 15) is 4.79 Å². The zero-order chi connectivity index (χ0) is 13.6. The molecule has 6 heteroatoms. The molecule has 0 amide bonds. The van der Waals surface area contributed by atoms with Crippen LogP contribution < -0.4 is 0 Å². The monoisotopic (exact) mass is 297 g/mol. The van der Waals surface area contributed by atoms with Crippen molar-refractivity contribution in [1.29, 1.82) is 0 Å². The number of halogens is 2. The Labute approximate surface area is 119 Å². The van der Waals surface area contributed by atoms with Gasteiger partial charge in [-0.15, -0.1) is 0 Å². The van der Waals surface area contributed by atoms with E-state index < -0.39 is 5.97 Å². The van der Waals surface area contributed by atoms with Gasteiger partial charge in [-0.1, -0.05) is 23.2 Å². The first-order valence-corrected chi connectivity index (χ1v) is 6.50. The maximum atomic E-state index is 11.1. The number of aromatic nitrogens is 1. The molecule has 0 radical (unpaired) electrons. The minimum absolute atomic E-state index is 0.0893. The number of hydrogen-bond acceptors (Lipinski definition) is 3. The van der Waals surface area contributed by atoms with Crippen molar-refractivity contribution in [2.75, 3.05) is 0 Å². The fraction of sp³-hybridized carbons (Fsp3) is 0.231. The molecule has 1 aromatic carbocycles. The summed E-state index contributed by atoms with van der Waals surface area (Å²) in [5.74, 6) is -0.760. The Balaban J connectivity index is 2.09. The van der Waals surface area contributed by atoms with Gasteiger partial charge in [0.25, 0.3) is 0 Å². The number of carbonyl (C=O) groups is 1. The molecule has 1 saturated carbocycles. The van der Waals surface area contributed by atoms with Gasteiger partial charge >= 0.3 is 5.97 Å². The number of carboxylic acids is 1. The lowest BCUT2D eigenvalue weighted by molar-refractivity contribution is 0.0661. The van der Waals surface area contributed by atoms with Gasteiger partial charge in [-0.2, -0.15) is 0 Å². The van der Waals surface area contributed by atoms with E-state index in [-0.39, 0.29) is 17.6 Å². The summed E-state index contributed by atoms with van der Waals surface area (Å²) < 4.78 is 5.35. The number of aromatic carboxylic acids is 1. The number of carboxylic acid groups (broad SMARTS) is 1. The molecule has 0 aliphatic heterocycles. The third kappa shape index (κ3) is 2.46. The lowest BCUT2D eigenvalue weighted by atomic mass is 10.2. The SMILES string of the molecule is O=C(O)c1oc(-c2cc(Cl)cc(Cl)c2)nc1C1CC1. The third-order valence-corrected chi connectivity index (χ3v) is 3.36. The molecular formula is C13H9Cl2NO3. The summed E-state index contributed by atoms with van der Waals surface area (Å²) in [5.41, 5.74) is 1.09. The standard InChI is InChI=1S/C13H9Cl2NO3/c14-8-3-7(4-9(15)5-8)12-16-10(6-1-2-6)11(19-12)13(17)18/h3-6H,1-2H2,(H,17,18). The van der Waals surface area contributed by atoms with E-state index >= 15 is 0 Å². The van der Waals surface area contributed by atoms with Crippen molar-refractivity contribution >= 4 is 29.2 Å². The van der Waals surface area contributed by atoms with Crippen LogP contribution in [-0.2, 0) is 0 Å². The van der Waals surface area contributed by atoms with E-state index in [0.717, 1.165) is 12.8 Å². The first-order valence-electron chi connectivity index (χ1n) is 5.75. The van der Waals surface area contributed by atoms with Gasteiger partial charge in [-0.25, -0.2) is 9.78 Å². The minimum atomic E-state index is -1.10. The first-order chi connectivity index (χ1) is 9.04. The highest BCUT2D eigenvalue weighted by atomic mass is 35.5. The normalized spacial score (nSPS) is 14.6. The van der Waals surface area contributed by atoms with Crippen molar-refractivity contribution < 1.29 is 14.3 Å². The third-order valence-electron chi connectivity index (χ3n) is 2.92. The van der Waals surface area contributed by atoms with Crippen molar-refractivity contribution in [1.82, 2.24) is 4.98 Å². The van der Waals surface area contributed by atoms with Gasteiger partial charge in [0.05, 0.1) is 5.69 Å². The minimum Gasteiger partial charge on any atom is -0.475 e. The molecule has 0 bridgehead atoms.